The molecular weight excluding hydrogens is 468 g/mol. The first kappa shape index (κ1) is 25.8. The summed E-state index contributed by atoms with van der Waals surface area (Å²) in [4.78, 5) is 0.190. The molecule has 0 radical (unpaired) electrons. The Morgan fingerprint density at radius 1 is 0.583 bits per heavy atom. The quantitative estimate of drug-likeness (QED) is 0.121. The SMILES string of the molecule is Cc1ccc(S(=O)(=O)OCCCCCOC(c2ccccc2)(c2ccccc2)c2ccccc2)cc1. The fourth-order valence-electron chi connectivity index (χ4n) is 4.32. The van der Waals surface area contributed by atoms with Gasteiger partial charge in [-0.25, -0.2) is 0 Å². The second-order valence-corrected chi connectivity index (χ2v) is 10.4. The van der Waals surface area contributed by atoms with Crippen LogP contribution < -0.4 is 0 Å². The van der Waals surface area contributed by atoms with E-state index in [4.69, 9.17) is 8.92 Å². The summed E-state index contributed by atoms with van der Waals surface area (Å²) in [6.45, 7) is 2.59. The summed E-state index contributed by atoms with van der Waals surface area (Å²) in [6.07, 6.45) is 2.20. The standard InChI is InChI=1S/C31H32O4S/c1-26-20-22-30(23-21-26)36(32,33)35-25-13-5-12-24-34-31(27-14-6-2-7-15-27,28-16-8-3-9-17-28)29-18-10-4-11-19-29/h2-4,6-11,14-23H,5,12-13,24-25H2,1H3. The minimum atomic E-state index is -3.73. The number of rotatable bonds is 12. The molecule has 0 heterocycles. The summed E-state index contributed by atoms with van der Waals surface area (Å²) in [5, 5.41) is 0. The highest BCUT2D eigenvalue weighted by Crippen LogP contribution is 2.40. The van der Waals surface area contributed by atoms with E-state index >= 15 is 0 Å². The monoisotopic (exact) mass is 500 g/mol. The number of ether oxygens (including phenoxy) is 1. The number of benzene rings is 4. The minimum absolute atomic E-state index is 0.150. The van der Waals surface area contributed by atoms with Gasteiger partial charge < -0.3 is 4.74 Å². The van der Waals surface area contributed by atoms with Gasteiger partial charge in [0.25, 0.3) is 10.1 Å². The molecule has 0 unspecified atom stereocenters. The zero-order valence-corrected chi connectivity index (χ0v) is 21.4. The topological polar surface area (TPSA) is 52.6 Å². The van der Waals surface area contributed by atoms with Gasteiger partial charge in [0.1, 0.15) is 5.60 Å². The highest BCUT2D eigenvalue weighted by atomic mass is 32.2. The van der Waals surface area contributed by atoms with Gasteiger partial charge in [0.2, 0.25) is 0 Å². The van der Waals surface area contributed by atoms with Crippen molar-refractivity contribution in [2.45, 2.75) is 36.7 Å². The third-order valence-corrected chi connectivity index (χ3v) is 7.52. The van der Waals surface area contributed by atoms with Gasteiger partial charge in [0.05, 0.1) is 11.5 Å². The predicted octanol–water partition coefficient (Wildman–Crippen LogP) is 6.88. The fraction of sp³-hybridized carbons (Fsp3) is 0.226. The Balaban J connectivity index is 1.42. The largest absolute Gasteiger partial charge is 0.361 e. The van der Waals surface area contributed by atoms with Crippen LogP contribution in [0.1, 0.15) is 41.5 Å². The van der Waals surface area contributed by atoms with Crippen LogP contribution in [0.3, 0.4) is 0 Å². The summed E-state index contributed by atoms with van der Waals surface area (Å²) in [7, 11) is -3.73. The van der Waals surface area contributed by atoms with Crippen molar-refractivity contribution in [2.75, 3.05) is 13.2 Å². The Morgan fingerprint density at radius 3 is 1.50 bits per heavy atom. The average molecular weight is 501 g/mol. The zero-order chi connectivity index (χ0) is 25.3. The Hall–Kier alpha value is -3.25. The number of aryl methyl sites for hydroxylation is 1. The molecule has 4 aromatic rings. The molecule has 4 rings (SSSR count). The first-order valence-electron chi connectivity index (χ1n) is 12.3. The lowest BCUT2D eigenvalue weighted by Crippen LogP contribution is -2.33. The van der Waals surface area contributed by atoms with E-state index in [-0.39, 0.29) is 11.5 Å². The first-order chi connectivity index (χ1) is 17.5. The summed E-state index contributed by atoms with van der Waals surface area (Å²) in [5.41, 5.74) is 3.46. The maximum absolute atomic E-state index is 12.4. The molecule has 0 saturated carbocycles. The molecule has 0 amide bonds. The number of hydrogen-bond acceptors (Lipinski definition) is 4. The second kappa shape index (κ2) is 12.1. The van der Waals surface area contributed by atoms with Gasteiger partial charge in [-0.1, -0.05) is 109 Å². The first-order valence-corrected chi connectivity index (χ1v) is 13.7. The second-order valence-electron chi connectivity index (χ2n) is 8.78. The molecule has 0 aliphatic carbocycles. The van der Waals surface area contributed by atoms with Gasteiger partial charge >= 0.3 is 0 Å². The van der Waals surface area contributed by atoms with Crippen molar-refractivity contribution in [1.29, 1.82) is 0 Å². The summed E-state index contributed by atoms with van der Waals surface area (Å²) < 4.78 is 36.8. The smallest absolute Gasteiger partial charge is 0.296 e. The molecular formula is C31H32O4S. The highest BCUT2D eigenvalue weighted by molar-refractivity contribution is 7.86. The maximum atomic E-state index is 12.4. The van der Waals surface area contributed by atoms with E-state index in [0.717, 1.165) is 35.1 Å². The van der Waals surface area contributed by atoms with Crippen LogP contribution in [-0.4, -0.2) is 21.6 Å². The predicted molar refractivity (Wildman–Crippen MR) is 143 cm³/mol. The molecule has 0 bridgehead atoms. The van der Waals surface area contributed by atoms with Crippen molar-refractivity contribution in [3.05, 3.63) is 138 Å². The van der Waals surface area contributed by atoms with Gasteiger partial charge in [-0.2, -0.15) is 8.42 Å². The third kappa shape index (κ3) is 6.11. The van der Waals surface area contributed by atoms with E-state index in [0.29, 0.717) is 13.0 Å². The highest BCUT2D eigenvalue weighted by Gasteiger charge is 2.37. The van der Waals surface area contributed by atoms with Crippen molar-refractivity contribution in [2.24, 2.45) is 0 Å². The van der Waals surface area contributed by atoms with Gasteiger partial charge in [0.15, 0.2) is 0 Å². The van der Waals surface area contributed by atoms with E-state index in [2.05, 4.69) is 36.4 Å². The van der Waals surface area contributed by atoms with Crippen molar-refractivity contribution in [3.63, 3.8) is 0 Å². The lowest BCUT2D eigenvalue weighted by Gasteiger charge is -2.36. The van der Waals surface area contributed by atoms with Gasteiger partial charge in [-0.15, -0.1) is 0 Å². The molecule has 5 heteroatoms. The van der Waals surface area contributed by atoms with Crippen LogP contribution in [-0.2, 0) is 24.6 Å². The summed E-state index contributed by atoms with van der Waals surface area (Å²) in [6, 6.07) is 37.5. The summed E-state index contributed by atoms with van der Waals surface area (Å²) in [5.74, 6) is 0. The lowest BCUT2D eigenvalue weighted by molar-refractivity contribution is 0.0104. The molecule has 0 spiro atoms. The maximum Gasteiger partial charge on any atom is 0.296 e. The molecule has 0 N–H and O–H groups in total. The van der Waals surface area contributed by atoms with Crippen LogP contribution in [0.4, 0.5) is 0 Å². The molecule has 4 aromatic carbocycles. The van der Waals surface area contributed by atoms with Gasteiger partial charge in [0, 0.05) is 6.61 Å². The molecule has 36 heavy (non-hydrogen) atoms. The van der Waals surface area contributed by atoms with Crippen LogP contribution in [0.5, 0.6) is 0 Å². The summed E-state index contributed by atoms with van der Waals surface area (Å²) >= 11 is 0. The van der Waals surface area contributed by atoms with E-state index in [1.807, 2.05) is 61.5 Å². The minimum Gasteiger partial charge on any atom is -0.361 e. The molecule has 186 valence electrons. The Kier molecular flexibility index (Phi) is 8.70. The van der Waals surface area contributed by atoms with E-state index in [1.54, 1.807) is 24.3 Å². The number of unbranched alkanes of at least 4 members (excludes halogenated alkanes) is 2. The van der Waals surface area contributed by atoms with E-state index in [9.17, 15) is 8.42 Å². The number of hydrogen-bond donors (Lipinski definition) is 0. The molecule has 4 nitrogen and oxygen atoms in total. The van der Waals surface area contributed by atoms with Crippen molar-refractivity contribution >= 4 is 10.1 Å². The Bertz CT molecular complexity index is 1210. The van der Waals surface area contributed by atoms with Crippen LogP contribution in [0.15, 0.2) is 120 Å². The third-order valence-electron chi connectivity index (χ3n) is 6.20. The molecule has 0 saturated heterocycles. The molecule has 0 aliphatic heterocycles. The lowest BCUT2D eigenvalue weighted by atomic mass is 9.80. The fourth-order valence-corrected chi connectivity index (χ4v) is 5.26. The zero-order valence-electron chi connectivity index (χ0n) is 20.5. The molecule has 0 atom stereocenters. The molecule has 0 fully saturated rings. The molecule has 0 aromatic heterocycles. The van der Waals surface area contributed by atoms with Crippen molar-refractivity contribution in [1.82, 2.24) is 0 Å². The van der Waals surface area contributed by atoms with Crippen LogP contribution >= 0.6 is 0 Å². The average Bonchev–Trinajstić information content (AvgIpc) is 2.92. The normalized spacial score (nSPS) is 11.9. The van der Waals surface area contributed by atoms with Gasteiger partial charge in [-0.05, 0) is 55.0 Å². The Morgan fingerprint density at radius 2 is 1.03 bits per heavy atom. The molecule has 0 aliphatic rings. The van der Waals surface area contributed by atoms with Crippen LogP contribution in [0.25, 0.3) is 0 Å². The van der Waals surface area contributed by atoms with Gasteiger partial charge in [-0.3, -0.25) is 4.18 Å². The van der Waals surface area contributed by atoms with Crippen LogP contribution in [0, 0.1) is 6.92 Å². The van der Waals surface area contributed by atoms with E-state index < -0.39 is 15.7 Å². The van der Waals surface area contributed by atoms with Crippen molar-refractivity contribution in [3.8, 4) is 0 Å². The van der Waals surface area contributed by atoms with Crippen molar-refractivity contribution < 1.29 is 17.3 Å². The van der Waals surface area contributed by atoms with E-state index in [1.165, 1.54) is 0 Å². The van der Waals surface area contributed by atoms with Crippen LogP contribution in [0.2, 0.25) is 0 Å². The Labute approximate surface area is 214 Å².